The van der Waals surface area contributed by atoms with E-state index in [9.17, 15) is 9.59 Å². The van der Waals surface area contributed by atoms with Crippen LogP contribution in [0.1, 0.15) is 11.1 Å². The van der Waals surface area contributed by atoms with Gasteiger partial charge in [0.25, 0.3) is 0 Å². The highest BCUT2D eigenvalue weighted by Gasteiger charge is 2.38. The fourth-order valence-electron chi connectivity index (χ4n) is 5.34. The van der Waals surface area contributed by atoms with E-state index in [1.165, 1.54) is 33.2 Å². The number of hydrogen-bond acceptors (Lipinski definition) is 3. The van der Waals surface area contributed by atoms with Gasteiger partial charge in [0.15, 0.2) is 0 Å². The molecule has 2 saturated heterocycles. The molecule has 1 unspecified atom stereocenters. The molecular weight excluding hydrogens is 436 g/mol. The van der Waals surface area contributed by atoms with Crippen LogP contribution in [0.2, 0.25) is 0 Å². The summed E-state index contributed by atoms with van der Waals surface area (Å²) >= 11 is 0. The van der Waals surface area contributed by atoms with Crippen molar-refractivity contribution in [2.45, 2.75) is 19.1 Å². The molecule has 3 aromatic carbocycles. The topological polar surface area (TPSA) is 57.6 Å². The van der Waals surface area contributed by atoms with Crippen LogP contribution < -0.4 is 5.32 Å². The second-order valence-electron chi connectivity index (χ2n) is 9.42. The first-order valence-electron chi connectivity index (χ1n) is 12.2. The smallest absolute Gasteiger partial charge is 0.244 e. The van der Waals surface area contributed by atoms with Gasteiger partial charge in [0.2, 0.25) is 11.8 Å². The molecule has 0 aliphatic carbocycles. The van der Waals surface area contributed by atoms with Gasteiger partial charge in [0.1, 0.15) is 6.04 Å². The third-order valence-corrected chi connectivity index (χ3v) is 7.18. The number of fused-ring (bicyclic) bond motifs is 2. The maximum Gasteiger partial charge on any atom is 0.244 e. The van der Waals surface area contributed by atoms with Gasteiger partial charge in [-0.25, -0.2) is 0 Å². The Labute approximate surface area is 204 Å². The van der Waals surface area contributed by atoms with E-state index >= 15 is 0 Å². The highest BCUT2D eigenvalue weighted by Crippen LogP contribution is 2.26. The van der Waals surface area contributed by atoms with Crippen molar-refractivity contribution >= 4 is 22.7 Å². The van der Waals surface area contributed by atoms with Crippen molar-refractivity contribution < 1.29 is 9.59 Å². The molecule has 2 fully saturated rings. The zero-order valence-corrected chi connectivity index (χ0v) is 19.6. The first-order chi connectivity index (χ1) is 17.2. The normalized spacial score (nSPS) is 18.5. The quantitative estimate of drug-likeness (QED) is 0.492. The van der Waals surface area contributed by atoms with Crippen LogP contribution in [0, 0.1) is 0 Å². The fraction of sp³-hybridized carbons (Fsp3) is 0.241. The summed E-state index contributed by atoms with van der Waals surface area (Å²) in [5, 5.41) is 3.97. The summed E-state index contributed by atoms with van der Waals surface area (Å²) in [5.41, 5.74) is 6.15. The van der Waals surface area contributed by atoms with Gasteiger partial charge in [-0.3, -0.25) is 14.5 Å². The predicted octanol–water partition coefficient (Wildman–Crippen LogP) is 3.50. The maximum atomic E-state index is 12.4. The van der Waals surface area contributed by atoms with Gasteiger partial charge in [0.05, 0.1) is 6.54 Å². The lowest BCUT2D eigenvalue weighted by Gasteiger charge is -2.42. The zero-order chi connectivity index (χ0) is 23.8. The van der Waals surface area contributed by atoms with Crippen molar-refractivity contribution in [1.29, 1.82) is 0 Å². The van der Waals surface area contributed by atoms with Crippen LogP contribution in [-0.2, 0) is 22.7 Å². The minimum Gasteiger partial charge on any atom is -0.345 e. The number of piperazine rings is 2. The molecule has 0 bridgehead atoms. The van der Waals surface area contributed by atoms with Gasteiger partial charge in [0, 0.05) is 49.8 Å². The summed E-state index contributed by atoms with van der Waals surface area (Å²) in [6.45, 7) is 3.61. The highest BCUT2D eigenvalue weighted by molar-refractivity contribution is 5.95. The molecule has 1 aromatic heterocycles. The van der Waals surface area contributed by atoms with E-state index in [1.54, 1.807) is 4.90 Å². The van der Waals surface area contributed by atoms with Gasteiger partial charge in [-0.1, -0.05) is 72.8 Å². The molecule has 0 radical (unpaired) electrons. The van der Waals surface area contributed by atoms with E-state index in [0.29, 0.717) is 13.1 Å². The number of aromatic nitrogens is 1. The Morgan fingerprint density at radius 3 is 2.37 bits per heavy atom. The summed E-state index contributed by atoms with van der Waals surface area (Å²) in [7, 11) is 0. The number of nitrogens with zero attached hydrogens (tertiary/aromatic N) is 3. The molecule has 1 atom stereocenters. The molecule has 2 aliphatic rings. The molecule has 4 aromatic rings. The Bertz CT molecular complexity index is 1380. The molecule has 0 spiro atoms. The van der Waals surface area contributed by atoms with Crippen molar-refractivity contribution in [3.63, 3.8) is 0 Å². The molecule has 1 N–H and O–H groups in total. The van der Waals surface area contributed by atoms with Crippen LogP contribution in [0.25, 0.3) is 22.0 Å². The monoisotopic (exact) mass is 464 g/mol. The number of rotatable bonds is 5. The van der Waals surface area contributed by atoms with Gasteiger partial charge in [-0.2, -0.15) is 0 Å². The van der Waals surface area contributed by atoms with Crippen molar-refractivity contribution in [1.82, 2.24) is 19.7 Å². The second kappa shape index (κ2) is 9.04. The van der Waals surface area contributed by atoms with Crippen LogP contribution in [0.15, 0.2) is 85.1 Å². The van der Waals surface area contributed by atoms with Gasteiger partial charge < -0.3 is 14.8 Å². The lowest BCUT2D eigenvalue weighted by molar-refractivity contribution is -0.149. The van der Waals surface area contributed by atoms with Crippen molar-refractivity contribution in [2.24, 2.45) is 0 Å². The molecule has 6 rings (SSSR count). The van der Waals surface area contributed by atoms with E-state index in [1.807, 2.05) is 6.07 Å². The summed E-state index contributed by atoms with van der Waals surface area (Å²) in [4.78, 5) is 28.6. The minimum absolute atomic E-state index is 0.0177. The predicted molar refractivity (Wildman–Crippen MR) is 137 cm³/mol. The number of carbonyl (C=O) groups is 2. The van der Waals surface area contributed by atoms with E-state index in [-0.39, 0.29) is 24.4 Å². The second-order valence-corrected chi connectivity index (χ2v) is 9.42. The third kappa shape index (κ3) is 4.21. The highest BCUT2D eigenvalue weighted by atomic mass is 16.2. The first-order valence-corrected chi connectivity index (χ1v) is 12.2. The molecule has 0 saturated carbocycles. The van der Waals surface area contributed by atoms with Gasteiger partial charge >= 0.3 is 0 Å². The first kappa shape index (κ1) is 21.6. The SMILES string of the molecule is O=C1NCC(=O)N2CCN(Cc3cn(Cc4ccc(-c5ccccc5)cc4)c4ccccc34)CC12. The minimum atomic E-state index is -0.388. The van der Waals surface area contributed by atoms with Crippen molar-refractivity contribution in [3.05, 3.63) is 96.2 Å². The average molecular weight is 465 g/mol. The Hall–Kier alpha value is -3.90. The fourth-order valence-corrected chi connectivity index (χ4v) is 5.34. The van der Waals surface area contributed by atoms with E-state index in [4.69, 9.17) is 0 Å². The number of hydrogen-bond donors (Lipinski definition) is 1. The summed E-state index contributed by atoms with van der Waals surface area (Å²) in [6, 6.07) is 27.3. The van der Waals surface area contributed by atoms with E-state index < -0.39 is 0 Å². The molecule has 6 heteroatoms. The molecule has 2 amide bonds. The Morgan fingerprint density at radius 1 is 0.800 bits per heavy atom. The van der Waals surface area contributed by atoms with Crippen LogP contribution in [0.4, 0.5) is 0 Å². The lowest BCUT2D eigenvalue weighted by atomic mass is 10.0. The lowest BCUT2D eigenvalue weighted by Crippen LogP contribution is -2.65. The van der Waals surface area contributed by atoms with Gasteiger partial charge in [-0.05, 0) is 28.3 Å². The summed E-state index contributed by atoms with van der Waals surface area (Å²) in [5.74, 6) is -0.0280. The van der Waals surface area contributed by atoms with Gasteiger partial charge in [-0.15, -0.1) is 0 Å². The number of nitrogens with one attached hydrogen (secondary N) is 1. The number of para-hydroxylation sites is 1. The average Bonchev–Trinajstić information content (AvgIpc) is 3.24. The Morgan fingerprint density at radius 2 is 1.54 bits per heavy atom. The maximum absolute atomic E-state index is 12.4. The van der Waals surface area contributed by atoms with Crippen LogP contribution >= 0.6 is 0 Å². The molecule has 35 heavy (non-hydrogen) atoms. The van der Waals surface area contributed by atoms with Crippen molar-refractivity contribution in [2.75, 3.05) is 26.2 Å². The molecular formula is C29H28N4O2. The third-order valence-electron chi connectivity index (χ3n) is 7.18. The standard InChI is InChI=1S/C29H28N4O2/c34-28-16-30-29(35)27-20-31(14-15-33(27)28)18-24-19-32(26-9-5-4-8-25(24)26)17-21-10-12-23(13-11-21)22-6-2-1-3-7-22/h1-13,19,27H,14-18,20H2,(H,30,35). The van der Waals surface area contributed by atoms with Crippen LogP contribution in [0.3, 0.4) is 0 Å². The number of carbonyl (C=O) groups excluding carboxylic acids is 2. The molecule has 3 heterocycles. The number of benzene rings is 3. The summed E-state index contributed by atoms with van der Waals surface area (Å²) in [6.07, 6.45) is 2.24. The zero-order valence-electron chi connectivity index (χ0n) is 19.6. The molecule has 176 valence electrons. The van der Waals surface area contributed by atoms with Crippen molar-refractivity contribution in [3.8, 4) is 11.1 Å². The van der Waals surface area contributed by atoms with Crippen LogP contribution in [0.5, 0.6) is 0 Å². The Kier molecular flexibility index (Phi) is 5.58. The van der Waals surface area contributed by atoms with E-state index in [2.05, 4.69) is 93.8 Å². The van der Waals surface area contributed by atoms with E-state index in [0.717, 1.165) is 19.6 Å². The molecule has 2 aliphatic heterocycles. The van der Waals surface area contributed by atoms with Crippen LogP contribution in [-0.4, -0.2) is 58.4 Å². The number of amides is 2. The summed E-state index contributed by atoms with van der Waals surface area (Å²) < 4.78 is 2.31. The Balaban J connectivity index is 1.22. The molecule has 6 nitrogen and oxygen atoms in total. The largest absolute Gasteiger partial charge is 0.345 e.